The maximum atomic E-state index is 12.3. The number of aldehydes is 1. The molecule has 0 aliphatic carbocycles. The summed E-state index contributed by atoms with van der Waals surface area (Å²) in [7, 11) is 1.63. The Morgan fingerprint density at radius 3 is 2.57 bits per heavy atom. The third kappa shape index (κ3) is 3.95. The number of nitrogens with one attached hydrogen (secondary N) is 1. The number of likely N-dealkylation sites (tertiary alicyclic amines) is 1. The van der Waals surface area contributed by atoms with Crippen LogP contribution in [0.15, 0.2) is 0 Å². The normalized spacial score (nSPS) is 17.7. The molecule has 128 valence electrons. The van der Waals surface area contributed by atoms with E-state index in [9.17, 15) is 14.7 Å². The average molecular weight is 324 g/mol. The van der Waals surface area contributed by atoms with Gasteiger partial charge in [0.1, 0.15) is 5.69 Å². The van der Waals surface area contributed by atoms with E-state index in [0.29, 0.717) is 30.8 Å². The molecular weight excluding hydrogens is 300 g/mol. The minimum absolute atomic E-state index is 0.0744. The van der Waals surface area contributed by atoms with Gasteiger partial charge in [-0.3, -0.25) is 14.5 Å². The number of carbonyl (C=O) groups is 2. The van der Waals surface area contributed by atoms with Gasteiger partial charge in [-0.15, -0.1) is 0 Å². The van der Waals surface area contributed by atoms with Crippen LogP contribution < -0.4 is 5.32 Å². The summed E-state index contributed by atoms with van der Waals surface area (Å²) in [6, 6.07) is -0.0744. The van der Waals surface area contributed by atoms with Gasteiger partial charge >= 0.3 is 0 Å². The lowest BCUT2D eigenvalue weighted by Crippen LogP contribution is -2.63. The van der Waals surface area contributed by atoms with Crippen molar-refractivity contribution in [3.8, 4) is 0 Å². The molecule has 0 radical (unpaired) electrons. The molecule has 2 rings (SSSR count). The molecule has 1 fully saturated rings. The predicted octanol–water partition coefficient (Wildman–Crippen LogP) is 0.0460. The van der Waals surface area contributed by atoms with Gasteiger partial charge in [-0.1, -0.05) is 0 Å². The van der Waals surface area contributed by atoms with Crippen molar-refractivity contribution < 1.29 is 19.4 Å². The zero-order chi connectivity index (χ0) is 17.4. The number of rotatable bonds is 5. The zero-order valence-electron chi connectivity index (χ0n) is 14.2. The van der Waals surface area contributed by atoms with Gasteiger partial charge in [-0.25, -0.2) is 4.98 Å². The highest BCUT2D eigenvalue weighted by atomic mass is 16.6. The number of hydrogen-bond acceptors (Lipinski definition) is 6. The summed E-state index contributed by atoms with van der Waals surface area (Å²) >= 11 is 0. The summed E-state index contributed by atoms with van der Waals surface area (Å²) in [5.74, 6) is -0.0571. The van der Waals surface area contributed by atoms with Crippen molar-refractivity contribution in [3.63, 3.8) is 0 Å². The van der Waals surface area contributed by atoms with Crippen LogP contribution in [0.3, 0.4) is 0 Å². The molecular formula is C15H24N4O4. The highest BCUT2D eigenvalue weighted by molar-refractivity contribution is 5.95. The number of nitrogens with zero attached hydrogens (tertiary/aromatic N) is 3. The van der Waals surface area contributed by atoms with Gasteiger partial charge in [-0.05, 0) is 27.7 Å². The molecule has 0 bridgehead atoms. The fourth-order valence-corrected chi connectivity index (χ4v) is 2.51. The largest absolute Gasteiger partial charge is 0.356 e. The highest BCUT2D eigenvalue weighted by Gasteiger charge is 2.35. The molecule has 1 atom stereocenters. The van der Waals surface area contributed by atoms with E-state index in [1.807, 2.05) is 20.8 Å². The lowest BCUT2D eigenvalue weighted by Gasteiger charge is -2.43. The molecule has 8 nitrogen and oxygen atoms in total. The molecule has 1 unspecified atom stereocenters. The molecule has 1 saturated heterocycles. The molecule has 1 aliphatic rings. The van der Waals surface area contributed by atoms with Crippen LogP contribution in [0.4, 0.5) is 0 Å². The predicted molar refractivity (Wildman–Crippen MR) is 83.0 cm³/mol. The van der Waals surface area contributed by atoms with Gasteiger partial charge < -0.3 is 19.7 Å². The number of carbonyl (C=O) groups excluding carboxylic acids is 2. The number of imidazole rings is 1. The Hall–Kier alpha value is -1.77. The number of amides is 1. The second-order valence-electron chi connectivity index (χ2n) is 6.76. The van der Waals surface area contributed by atoms with Crippen LogP contribution in [0, 0.1) is 6.92 Å². The summed E-state index contributed by atoms with van der Waals surface area (Å²) in [6.07, 6.45) is -0.363. The number of aryl methyl sites for hydroxylation is 1. The van der Waals surface area contributed by atoms with E-state index in [4.69, 9.17) is 4.74 Å². The first-order valence-corrected chi connectivity index (χ1v) is 7.51. The van der Waals surface area contributed by atoms with Crippen LogP contribution >= 0.6 is 0 Å². The Morgan fingerprint density at radius 2 is 2.09 bits per heavy atom. The second-order valence-corrected chi connectivity index (χ2v) is 6.76. The summed E-state index contributed by atoms with van der Waals surface area (Å²) in [6.45, 7) is 8.29. The van der Waals surface area contributed by atoms with Crippen molar-refractivity contribution in [2.75, 3.05) is 13.1 Å². The molecule has 1 aromatic rings. The van der Waals surface area contributed by atoms with E-state index >= 15 is 0 Å². The van der Waals surface area contributed by atoms with Crippen molar-refractivity contribution in [2.24, 2.45) is 7.05 Å². The monoisotopic (exact) mass is 324 g/mol. The minimum Gasteiger partial charge on any atom is -0.356 e. The summed E-state index contributed by atoms with van der Waals surface area (Å²) < 4.78 is 6.93. The van der Waals surface area contributed by atoms with Gasteiger partial charge in [0.05, 0.1) is 17.3 Å². The molecule has 1 amide bonds. The molecule has 0 spiro atoms. The van der Waals surface area contributed by atoms with Crippen molar-refractivity contribution in [1.82, 2.24) is 19.8 Å². The lowest BCUT2D eigenvalue weighted by molar-refractivity contribution is -0.256. The maximum Gasteiger partial charge on any atom is 0.270 e. The Morgan fingerprint density at radius 1 is 1.48 bits per heavy atom. The van der Waals surface area contributed by atoms with Crippen molar-refractivity contribution in [2.45, 2.75) is 45.8 Å². The van der Waals surface area contributed by atoms with Crippen LogP contribution in [0.5, 0.6) is 0 Å². The Bertz CT molecular complexity index is 599. The third-order valence-electron chi connectivity index (χ3n) is 3.64. The van der Waals surface area contributed by atoms with Crippen LogP contribution in [-0.4, -0.2) is 62.9 Å². The average Bonchev–Trinajstić information content (AvgIpc) is 2.65. The molecule has 2 heterocycles. The van der Waals surface area contributed by atoms with Gasteiger partial charge in [0.2, 0.25) is 6.41 Å². The minimum atomic E-state index is -0.983. The first-order valence-electron chi connectivity index (χ1n) is 7.51. The molecule has 1 aromatic heterocycles. The van der Waals surface area contributed by atoms with E-state index in [2.05, 4.69) is 10.3 Å². The fourth-order valence-electron chi connectivity index (χ4n) is 2.51. The van der Waals surface area contributed by atoms with E-state index in [-0.39, 0.29) is 17.8 Å². The Balaban J connectivity index is 1.90. The maximum absolute atomic E-state index is 12.3. The van der Waals surface area contributed by atoms with Crippen molar-refractivity contribution >= 4 is 12.2 Å². The van der Waals surface area contributed by atoms with Crippen LogP contribution in [0.1, 0.15) is 47.6 Å². The summed E-state index contributed by atoms with van der Waals surface area (Å²) in [4.78, 5) is 29.0. The Labute approximate surface area is 135 Å². The van der Waals surface area contributed by atoms with Gasteiger partial charge in [0, 0.05) is 20.1 Å². The van der Waals surface area contributed by atoms with E-state index in [0.717, 1.165) is 0 Å². The molecule has 23 heavy (non-hydrogen) atoms. The van der Waals surface area contributed by atoms with Crippen LogP contribution in [0.25, 0.3) is 0 Å². The van der Waals surface area contributed by atoms with E-state index in [1.54, 1.807) is 18.9 Å². The number of aromatic nitrogens is 2. The van der Waals surface area contributed by atoms with Gasteiger partial charge in [-0.2, -0.15) is 0 Å². The van der Waals surface area contributed by atoms with E-state index < -0.39 is 12.0 Å². The molecule has 1 aliphatic heterocycles. The van der Waals surface area contributed by atoms with Crippen LogP contribution in [0.2, 0.25) is 0 Å². The standard InChI is InChI=1S/C15H24N4O4/c1-9-12(18(5)11(8-20)16-9)13(21)17-10-6-19(7-10)14(22)23-15(2,3)4/h8,10,14,22H,6-7H2,1-5H3,(H,17,21). The molecule has 2 N–H and O–H groups in total. The number of aliphatic hydroxyl groups is 1. The summed E-state index contributed by atoms with van der Waals surface area (Å²) in [5, 5.41) is 12.8. The fraction of sp³-hybridized carbons (Fsp3) is 0.667. The topological polar surface area (TPSA) is 96.7 Å². The van der Waals surface area contributed by atoms with Crippen LogP contribution in [-0.2, 0) is 11.8 Å². The van der Waals surface area contributed by atoms with Gasteiger partial charge in [0.15, 0.2) is 12.1 Å². The molecule has 0 aromatic carbocycles. The number of hydrogen-bond donors (Lipinski definition) is 2. The highest BCUT2D eigenvalue weighted by Crippen LogP contribution is 2.18. The van der Waals surface area contributed by atoms with Crippen molar-refractivity contribution in [1.29, 1.82) is 0 Å². The Kier molecular flexibility index (Phi) is 4.88. The second kappa shape index (κ2) is 6.38. The third-order valence-corrected chi connectivity index (χ3v) is 3.64. The molecule has 8 heteroatoms. The van der Waals surface area contributed by atoms with E-state index in [1.165, 1.54) is 4.57 Å². The summed E-state index contributed by atoms with van der Waals surface area (Å²) in [5.41, 5.74) is 0.446. The quantitative estimate of drug-likeness (QED) is 0.587. The van der Waals surface area contributed by atoms with Gasteiger partial charge in [0.25, 0.3) is 5.91 Å². The smallest absolute Gasteiger partial charge is 0.270 e. The first-order chi connectivity index (χ1) is 10.6. The van der Waals surface area contributed by atoms with Crippen molar-refractivity contribution in [3.05, 3.63) is 17.2 Å². The lowest BCUT2D eigenvalue weighted by atomic mass is 10.1. The number of ether oxygens (including phenoxy) is 1. The number of aliphatic hydroxyl groups excluding tert-OH is 1. The molecule has 0 saturated carbocycles. The SMILES string of the molecule is Cc1nc(C=O)n(C)c1C(=O)NC1CN(C(O)OC(C)(C)C)C1. The first kappa shape index (κ1) is 17.6. The zero-order valence-corrected chi connectivity index (χ0v) is 14.2.